The summed E-state index contributed by atoms with van der Waals surface area (Å²) < 4.78 is 47.0. The fraction of sp³-hybridized carbons (Fsp3) is 0.0145. The largest absolute Gasteiger partial charge is 0.416 e. The Morgan fingerprint density at radius 2 is 0.732 bits per heavy atom. The zero-order valence-electron chi connectivity index (χ0n) is 43.1. The van der Waals surface area contributed by atoms with Gasteiger partial charge in [0.1, 0.15) is 0 Å². The zero-order chi connectivity index (χ0) is 55.5. The van der Waals surface area contributed by atoms with Crippen LogP contribution in [0.3, 0.4) is 0 Å². The van der Waals surface area contributed by atoms with Crippen molar-refractivity contribution in [3.63, 3.8) is 0 Å². The van der Waals surface area contributed by atoms with Gasteiger partial charge in [-0.05, 0) is 83.9 Å². The standard InChI is InChI=1S/C69H39F3N10/c1-74-56-40-62(82-58-29-17-15-27-52(58)55-38-47(31-35-60(55)82)68-79-65(44-22-10-4-11-23-44)76-66(80-68)45-24-12-5-13-25-45)61(39-53(56)50-33-32-49(69(70,71)72)36-48(50)41-73)81-57-28-16-14-26-51(57)54-37-46(30-34-59(54)81)67-77-63(42-18-6-2-7-19-42)75-64(78-67)43-20-8-3-9-21-43/h2-40H. The summed E-state index contributed by atoms with van der Waals surface area (Å²) >= 11 is 0. The van der Waals surface area contributed by atoms with Crippen molar-refractivity contribution in [2.45, 2.75) is 6.18 Å². The van der Waals surface area contributed by atoms with Gasteiger partial charge in [0, 0.05) is 54.9 Å². The van der Waals surface area contributed by atoms with E-state index >= 15 is 0 Å². The Morgan fingerprint density at radius 1 is 0.366 bits per heavy atom. The summed E-state index contributed by atoms with van der Waals surface area (Å²) in [4.78, 5) is 34.1. The van der Waals surface area contributed by atoms with Crippen molar-refractivity contribution < 1.29 is 13.2 Å². The molecule has 0 spiro atoms. The second-order valence-electron chi connectivity index (χ2n) is 19.6. The van der Waals surface area contributed by atoms with Gasteiger partial charge in [-0.1, -0.05) is 164 Å². The third-order valence-electron chi connectivity index (χ3n) is 14.7. The first kappa shape index (κ1) is 48.9. The average molecular weight is 1070 g/mol. The Kier molecular flexibility index (Phi) is 11.8. The highest BCUT2D eigenvalue weighted by Crippen LogP contribution is 2.46. The van der Waals surface area contributed by atoms with Crippen molar-refractivity contribution in [1.82, 2.24) is 39.0 Å². The molecule has 13 heteroatoms. The normalized spacial score (nSPS) is 11.6. The maximum absolute atomic E-state index is 14.2. The number of alkyl halides is 3. The summed E-state index contributed by atoms with van der Waals surface area (Å²) in [6.45, 7) is 8.70. The Bertz CT molecular complexity index is 4810. The molecule has 386 valence electrons. The van der Waals surface area contributed by atoms with Crippen LogP contribution in [0.2, 0.25) is 0 Å². The summed E-state index contributed by atoms with van der Waals surface area (Å²) in [5, 5.41) is 14.0. The summed E-state index contributed by atoms with van der Waals surface area (Å²) in [7, 11) is 0. The molecule has 10 aromatic carbocycles. The van der Waals surface area contributed by atoms with E-state index in [2.05, 4.69) is 32.2 Å². The molecule has 82 heavy (non-hydrogen) atoms. The molecule has 0 unspecified atom stereocenters. The van der Waals surface area contributed by atoms with E-state index in [1.54, 1.807) is 6.07 Å². The third-order valence-corrected chi connectivity index (χ3v) is 14.7. The molecule has 4 heterocycles. The third kappa shape index (κ3) is 8.54. The quantitative estimate of drug-likeness (QED) is 0.132. The van der Waals surface area contributed by atoms with Crippen LogP contribution in [0.5, 0.6) is 0 Å². The Hall–Kier alpha value is -11.4. The second-order valence-corrected chi connectivity index (χ2v) is 19.6. The molecule has 10 nitrogen and oxygen atoms in total. The van der Waals surface area contributed by atoms with E-state index in [4.69, 9.17) is 36.5 Å². The number of nitriles is 1. The SMILES string of the molecule is [C-]#[N+]c1cc(-n2c3ccccc3c3cc(-c4nc(-c5ccccc5)nc(-c5ccccc5)n4)ccc32)c(-n2c3ccccc3c3cc(-c4nc(-c5ccccc5)nc(-c5ccccc5)n4)ccc32)cc1-c1ccc(C(F)(F)F)cc1C#N. The van der Waals surface area contributed by atoms with E-state index in [-0.39, 0.29) is 22.4 Å². The van der Waals surface area contributed by atoms with Crippen LogP contribution >= 0.6 is 0 Å². The molecule has 0 aliphatic carbocycles. The maximum atomic E-state index is 14.2. The van der Waals surface area contributed by atoms with Gasteiger partial charge in [0.25, 0.3) is 0 Å². The number of fused-ring (bicyclic) bond motifs is 6. The molecule has 14 aromatic rings. The van der Waals surface area contributed by atoms with Crippen molar-refractivity contribution in [1.29, 1.82) is 5.26 Å². The lowest BCUT2D eigenvalue weighted by molar-refractivity contribution is -0.137. The number of aromatic nitrogens is 8. The van der Waals surface area contributed by atoms with Crippen molar-refractivity contribution in [2.75, 3.05) is 0 Å². The van der Waals surface area contributed by atoms with Crippen LogP contribution in [0, 0.1) is 17.9 Å². The van der Waals surface area contributed by atoms with Gasteiger partial charge in [-0.3, -0.25) is 0 Å². The summed E-state index contributed by atoms with van der Waals surface area (Å²) in [6.07, 6.45) is -4.70. The molecular formula is C69H39F3N10. The molecule has 0 N–H and O–H groups in total. The molecule has 0 atom stereocenters. The van der Waals surface area contributed by atoms with Gasteiger partial charge in [0.15, 0.2) is 40.6 Å². The van der Waals surface area contributed by atoms with Crippen LogP contribution in [0.25, 0.3) is 139 Å². The van der Waals surface area contributed by atoms with E-state index in [9.17, 15) is 18.4 Å². The molecule has 0 bridgehead atoms. The molecule has 4 aromatic heterocycles. The minimum atomic E-state index is -4.70. The highest BCUT2D eigenvalue weighted by molar-refractivity contribution is 6.13. The van der Waals surface area contributed by atoms with Crippen molar-refractivity contribution in [3.05, 3.63) is 259 Å². The van der Waals surface area contributed by atoms with Gasteiger partial charge in [-0.2, -0.15) is 18.4 Å². The van der Waals surface area contributed by atoms with Gasteiger partial charge < -0.3 is 9.13 Å². The number of halogens is 3. The van der Waals surface area contributed by atoms with Crippen LogP contribution in [0.15, 0.2) is 237 Å². The van der Waals surface area contributed by atoms with Gasteiger partial charge in [-0.25, -0.2) is 34.7 Å². The molecule has 0 saturated carbocycles. The van der Waals surface area contributed by atoms with E-state index in [0.29, 0.717) is 46.3 Å². The predicted octanol–water partition coefficient (Wildman–Crippen LogP) is 17.4. The molecule has 0 aliphatic heterocycles. The summed E-state index contributed by atoms with van der Waals surface area (Å²) in [6, 6.07) is 76.0. The highest BCUT2D eigenvalue weighted by Gasteiger charge is 2.32. The van der Waals surface area contributed by atoms with Crippen molar-refractivity contribution >= 4 is 49.3 Å². The fourth-order valence-electron chi connectivity index (χ4n) is 10.9. The van der Waals surface area contributed by atoms with E-state index in [0.717, 1.165) is 89.1 Å². The fourth-order valence-corrected chi connectivity index (χ4v) is 10.9. The monoisotopic (exact) mass is 1060 g/mol. The van der Waals surface area contributed by atoms with E-state index < -0.39 is 11.7 Å². The minimum absolute atomic E-state index is 0.131. The topological polar surface area (TPSA) is 115 Å². The van der Waals surface area contributed by atoms with E-state index in [1.807, 2.05) is 200 Å². The van der Waals surface area contributed by atoms with Crippen LogP contribution in [0.1, 0.15) is 11.1 Å². The minimum Gasteiger partial charge on any atom is -0.308 e. The molecule has 0 aliphatic rings. The number of hydrogen-bond acceptors (Lipinski definition) is 7. The zero-order valence-corrected chi connectivity index (χ0v) is 43.1. The molecule has 0 radical (unpaired) electrons. The average Bonchev–Trinajstić information content (AvgIpc) is 2.35. The first-order valence-electron chi connectivity index (χ1n) is 26.2. The summed E-state index contributed by atoms with van der Waals surface area (Å²) in [5.74, 6) is 3.03. The van der Waals surface area contributed by atoms with Crippen molar-refractivity contribution in [2.24, 2.45) is 0 Å². The number of hydrogen-bond donors (Lipinski definition) is 0. The first-order valence-corrected chi connectivity index (χ1v) is 26.2. The molecule has 0 amide bonds. The molecule has 0 fully saturated rings. The Morgan fingerprint density at radius 3 is 1.12 bits per heavy atom. The van der Waals surface area contributed by atoms with Crippen LogP contribution in [-0.4, -0.2) is 39.0 Å². The number of para-hydroxylation sites is 2. The van der Waals surface area contributed by atoms with E-state index in [1.165, 1.54) is 6.07 Å². The molecular weight excluding hydrogens is 1030 g/mol. The Labute approximate surface area is 466 Å². The summed E-state index contributed by atoms with van der Waals surface area (Å²) in [5.41, 5.74) is 8.64. The van der Waals surface area contributed by atoms with Gasteiger partial charge in [0.2, 0.25) is 0 Å². The van der Waals surface area contributed by atoms with Gasteiger partial charge in [0.05, 0.1) is 57.2 Å². The van der Waals surface area contributed by atoms with Gasteiger partial charge >= 0.3 is 6.18 Å². The number of rotatable bonds is 9. The van der Waals surface area contributed by atoms with Crippen LogP contribution in [-0.2, 0) is 6.18 Å². The predicted molar refractivity (Wildman–Crippen MR) is 316 cm³/mol. The number of benzene rings is 10. The Balaban J connectivity index is 1.02. The lowest BCUT2D eigenvalue weighted by Gasteiger charge is -2.20. The van der Waals surface area contributed by atoms with Crippen LogP contribution < -0.4 is 0 Å². The second kappa shape index (κ2) is 19.8. The maximum Gasteiger partial charge on any atom is 0.416 e. The highest BCUT2D eigenvalue weighted by atomic mass is 19.4. The molecule has 14 rings (SSSR count). The lowest BCUT2D eigenvalue weighted by Crippen LogP contribution is -2.06. The smallest absolute Gasteiger partial charge is 0.308 e. The number of nitrogens with zero attached hydrogens (tertiary/aromatic N) is 10. The van der Waals surface area contributed by atoms with Crippen molar-refractivity contribution in [3.8, 4) is 96.9 Å². The van der Waals surface area contributed by atoms with Gasteiger partial charge in [-0.15, -0.1) is 0 Å². The molecule has 0 saturated heterocycles. The lowest BCUT2D eigenvalue weighted by atomic mass is 9.95. The van der Waals surface area contributed by atoms with Crippen LogP contribution in [0.4, 0.5) is 18.9 Å². The first-order chi connectivity index (χ1) is 40.2.